The number of carbonyl (C=O) groups is 1. The largest absolute Gasteiger partial charge is 0.416 e. The van der Waals surface area contributed by atoms with Crippen molar-refractivity contribution in [1.82, 2.24) is 10.6 Å². The molecule has 1 fully saturated rings. The van der Waals surface area contributed by atoms with E-state index < -0.39 is 17.8 Å². The van der Waals surface area contributed by atoms with Gasteiger partial charge in [0.25, 0.3) is 0 Å². The average molecular weight is 328 g/mol. The van der Waals surface area contributed by atoms with E-state index in [1.165, 1.54) is 12.5 Å². The van der Waals surface area contributed by atoms with Gasteiger partial charge in [-0.1, -0.05) is 31.9 Å². The second-order valence-electron chi connectivity index (χ2n) is 6.33. The summed E-state index contributed by atoms with van der Waals surface area (Å²) in [5.74, 6) is 0.429. The van der Waals surface area contributed by atoms with E-state index in [2.05, 4.69) is 17.6 Å². The number of nitrogens with one attached hydrogen (secondary N) is 2. The van der Waals surface area contributed by atoms with E-state index in [9.17, 15) is 18.0 Å². The molecular formula is C17H23F3N2O. The molecule has 0 saturated heterocycles. The maximum Gasteiger partial charge on any atom is 0.416 e. The molecule has 1 aliphatic carbocycles. The first-order chi connectivity index (χ1) is 10.8. The maximum absolute atomic E-state index is 12.7. The molecule has 2 N–H and O–H groups in total. The monoisotopic (exact) mass is 328 g/mol. The number of amides is 2. The smallest absolute Gasteiger partial charge is 0.335 e. The van der Waals surface area contributed by atoms with Gasteiger partial charge >= 0.3 is 12.2 Å². The standard InChI is InChI=1S/C17H23F3N2O/c1-11-6-3-4-9-15(11)22-16(23)21-12(2)13-7-5-8-14(10-13)17(18,19)20/h5,7-8,10-12,15H,3-4,6,9H2,1-2H3,(H2,21,22,23)/t11-,12-,15+/m0/s1. The predicted octanol–water partition coefficient (Wildman–Crippen LogP) is 4.64. The van der Waals surface area contributed by atoms with E-state index in [1.54, 1.807) is 13.0 Å². The molecule has 0 spiro atoms. The Labute approximate surface area is 134 Å². The van der Waals surface area contributed by atoms with E-state index >= 15 is 0 Å². The Kier molecular flexibility index (Phi) is 5.55. The highest BCUT2D eigenvalue weighted by molar-refractivity contribution is 5.74. The van der Waals surface area contributed by atoms with Crippen LogP contribution in [0.15, 0.2) is 24.3 Å². The summed E-state index contributed by atoms with van der Waals surface area (Å²) in [5, 5.41) is 5.67. The molecule has 128 valence electrons. The first-order valence-electron chi connectivity index (χ1n) is 8.01. The Hall–Kier alpha value is -1.72. The number of carbonyl (C=O) groups excluding carboxylic acids is 1. The van der Waals surface area contributed by atoms with Gasteiger partial charge in [0.1, 0.15) is 0 Å². The molecule has 1 aromatic carbocycles. The van der Waals surface area contributed by atoms with Crippen molar-refractivity contribution < 1.29 is 18.0 Å². The lowest BCUT2D eigenvalue weighted by Gasteiger charge is -2.30. The Balaban J connectivity index is 1.95. The molecule has 0 bridgehead atoms. The molecule has 23 heavy (non-hydrogen) atoms. The van der Waals surface area contributed by atoms with E-state index in [0.717, 1.165) is 31.4 Å². The summed E-state index contributed by atoms with van der Waals surface area (Å²) in [6, 6.07) is 4.37. The van der Waals surface area contributed by atoms with Gasteiger partial charge in [-0.25, -0.2) is 4.79 Å². The molecule has 1 aromatic rings. The van der Waals surface area contributed by atoms with Crippen molar-refractivity contribution in [3.8, 4) is 0 Å². The summed E-state index contributed by atoms with van der Waals surface area (Å²) in [7, 11) is 0. The van der Waals surface area contributed by atoms with Crippen molar-refractivity contribution in [3.05, 3.63) is 35.4 Å². The molecule has 1 aliphatic rings. The molecule has 0 heterocycles. The molecule has 0 radical (unpaired) electrons. The SMILES string of the molecule is C[C@H](NC(=O)N[C@@H]1CCCC[C@@H]1C)c1cccc(C(F)(F)F)c1. The second-order valence-corrected chi connectivity index (χ2v) is 6.33. The third-order valence-corrected chi connectivity index (χ3v) is 4.49. The minimum atomic E-state index is -4.38. The van der Waals surface area contributed by atoms with Crippen LogP contribution in [0.5, 0.6) is 0 Å². The van der Waals surface area contributed by atoms with E-state index in [4.69, 9.17) is 0 Å². The highest BCUT2D eigenvalue weighted by Gasteiger charge is 2.31. The summed E-state index contributed by atoms with van der Waals surface area (Å²) in [6.07, 6.45) is -0.0593. The molecule has 0 aliphatic heterocycles. The van der Waals surface area contributed by atoms with E-state index in [1.807, 2.05) is 0 Å². The topological polar surface area (TPSA) is 41.1 Å². The Morgan fingerprint density at radius 2 is 1.96 bits per heavy atom. The van der Waals surface area contributed by atoms with Gasteiger partial charge in [0.05, 0.1) is 11.6 Å². The van der Waals surface area contributed by atoms with Gasteiger partial charge in [0.15, 0.2) is 0 Å². The van der Waals surface area contributed by atoms with Crippen LogP contribution in [0.4, 0.5) is 18.0 Å². The van der Waals surface area contributed by atoms with Gasteiger partial charge in [-0.3, -0.25) is 0 Å². The van der Waals surface area contributed by atoms with Gasteiger partial charge in [-0.15, -0.1) is 0 Å². The Bertz CT molecular complexity index is 545. The molecular weight excluding hydrogens is 305 g/mol. The van der Waals surface area contributed by atoms with Crippen molar-refractivity contribution in [2.45, 2.75) is 57.8 Å². The van der Waals surface area contributed by atoms with E-state index in [0.29, 0.717) is 11.5 Å². The molecule has 6 heteroatoms. The number of urea groups is 1. The zero-order valence-electron chi connectivity index (χ0n) is 13.4. The van der Waals surface area contributed by atoms with Crippen LogP contribution >= 0.6 is 0 Å². The van der Waals surface area contributed by atoms with Crippen LogP contribution in [-0.4, -0.2) is 12.1 Å². The fourth-order valence-electron chi connectivity index (χ4n) is 3.01. The molecule has 3 atom stereocenters. The van der Waals surface area contributed by atoms with Crippen molar-refractivity contribution in [2.75, 3.05) is 0 Å². The minimum Gasteiger partial charge on any atom is -0.335 e. The van der Waals surface area contributed by atoms with Crippen LogP contribution in [0.2, 0.25) is 0 Å². The minimum absolute atomic E-state index is 0.137. The lowest BCUT2D eigenvalue weighted by Crippen LogP contribution is -2.46. The average Bonchev–Trinajstić information content (AvgIpc) is 2.49. The molecule has 2 amide bonds. The number of alkyl halides is 3. The highest BCUT2D eigenvalue weighted by atomic mass is 19.4. The number of hydrogen-bond donors (Lipinski definition) is 2. The zero-order valence-corrected chi connectivity index (χ0v) is 13.4. The van der Waals surface area contributed by atoms with E-state index in [-0.39, 0.29) is 12.1 Å². The molecule has 1 saturated carbocycles. The molecule has 0 unspecified atom stereocenters. The fourth-order valence-corrected chi connectivity index (χ4v) is 3.01. The number of rotatable bonds is 3. The predicted molar refractivity (Wildman–Crippen MR) is 82.9 cm³/mol. The van der Waals surface area contributed by atoms with Gasteiger partial charge in [0, 0.05) is 6.04 Å². The lowest BCUT2D eigenvalue weighted by atomic mass is 9.86. The fraction of sp³-hybridized carbons (Fsp3) is 0.588. The Morgan fingerprint density at radius 3 is 2.61 bits per heavy atom. The molecule has 0 aromatic heterocycles. The number of benzene rings is 1. The first kappa shape index (κ1) is 17.6. The number of halogens is 3. The lowest BCUT2D eigenvalue weighted by molar-refractivity contribution is -0.137. The van der Waals surface area contributed by atoms with Gasteiger partial charge in [-0.2, -0.15) is 13.2 Å². The third-order valence-electron chi connectivity index (χ3n) is 4.49. The van der Waals surface area contributed by atoms with Crippen molar-refractivity contribution in [1.29, 1.82) is 0 Å². The normalized spacial score (nSPS) is 23.2. The summed E-state index contributed by atoms with van der Waals surface area (Å²) < 4.78 is 38.2. The van der Waals surface area contributed by atoms with Crippen LogP contribution in [-0.2, 0) is 6.18 Å². The summed E-state index contributed by atoms with van der Waals surface area (Å²) in [5.41, 5.74) is -0.267. The van der Waals surface area contributed by atoms with Crippen molar-refractivity contribution >= 4 is 6.03 Å². The third kappa shape index (κ3) is 4.88. The summed E-state index contributed by atoms with van der Waals surface area (Å²) in [6.45, 7) is 3.79. The molecule has 2 rings (SSSR count). The van der Waals surface area contributed by atoms with Gasteiger partial charge in [-0.05, 0) is 43.4 Å². The summed E-state index contributed by atoms with van der Waals surface area (Å²) >= 11 is 0. The van der Waals surface area contributed by atoms with Gasteiger partial charge < -0.3 is 10.6 Å². The van der Waals surface area contributed by atoms with Crippen molar-refractivity contribution in [3.63, 3.8) is 0 Å². The summed E-state index contributed by atoms with van der Waals surface area (Å²) in [4.78, 5) is 12.1. The van der Waals surface area contributed by atoms with Crippen LogP contribution in [0, 0.1) is 5.92 Å². The van der Waals surface area contributed by atoms with Crippen molar-refractivity contribution in [2.24, 2.45) is 5.92 Å². The first-order valence-corrected chi connectivity index (χ1v) is 8.01. The Morgan fingerprint density at radius 1 is 1.26 bits per heavy atom. The zero-order chi connectivity index (χ0) is 17.0. The van der Waals surface area contributed by atoms with Gasteiger partial charge in [0.2, 0.25) is 0 Å². The van der Waals surface area contributed by atoms with Crippen LogP contribution < -0.4 is 10.6 Å². The highest BCUT2D eigenvalue weighted by Crippen LogP contribution is 2.30. The van der Waals surface area contributed by atoms with Crippen LogP contribution in [0.3, 0.4) is 0 Å². The quantitative estimate of drug-likeness (QED) is 0.833. The number of hydrogen-bond acceptors (Lipinski definition) is 1. The van der Waals surface area contributed by atoms with Crippen LogP contribution in [0.1, 0.15) is 56.7 Å². The molecule has 3 nitrogen and oxygen atoms in total. The van der Waals surface area contributed by atoms with Crippen LogP contribution in [0.25, 0.3) is 0 Å². The second kappa shape index (κ2) is 7.23. The maximum atomic E-state index is 12.7.